The van der Waals surface area contributed by atoms with E-state index in [2.05, 4.69) is 5.32 Å². The van der Waals surface area contributed by atoms with Gasteiger partial charge in [0.05, 0.1) is 0 Å². The molecule has 1 aliphatic heterocycles. The van der Waals surface area contributed by atoms with E-state index < -0.39 is 14.6 Å². The molecule has 0 aliphatic carbocycles. The highest BCUT2D eigenvalue weighted by Gasteiger charge is 2.50. The molecule has 1 saturated heterocycles. The molecule has 0 aromatic heterocycles. The van der Waals surface area contributed by atoms with Crippen molar-refractivity contribution in [3.05, 3.63) is 34.9 Å². The van der Waals surface area contributed by atoms with Gasteiger partial charge < -0.3 is 10.2 Å². The Morgan fingerprint density at radius 1 is 1.26 bits per heavy atom. The Morgan fingerprint density at radius 2 is 1.83 bits per heavy atom. The van der Waals surface area contributed by atoms with E-state index in [9.17, 15) is 13.2 Å². The summed E-state index contributed by atoms with van der Waals surface area (Å²) in [6.45, 7) is 3.79. The quantitative estimate of drug-likeness (QED) is 0.872. The van der Waals surface area contributed by atoms with Gasteiger partial charge in [0.25, 0.3) is 0 Å². The van der Waals surface area contributed by atoms with Gasteiger partial charge in [0.15, 0.2) is 14.6 Å². The predicted molar refractivity (Wildman–Crippen MR) is 92.2 cm³/mol. The average Bonchev–Trinajstić information content (AvgIpc) is 2.53. The maximum Gasteiger partial charge on any atom is 0.244 e. The van der Waals surface area contributed by atoms with Gasteiger partial charge in [0.2, 0.25) is 5.91 Å². The maximum atomic E-state index is 13.1. The summed E-state index contributed by atoms with van der Waals surface area (Å²) in [4.78, 5) is 14.7. The first-order valence-electron chi connectivity index (χ1n) is 7.74. The van der Waals surface area contributed by atoms with Crippen LogP contribution in [0.5, 0.6) is 0 Å². The number of amides is 1. The molecule has 1 aliphatic rings. The molecule has 1 heterocycles. The third-order valence-corrected chi connectivity index (χ3v) is 6.72. The molecule has 1 N–H and O–H groups in total. The molecule has 7 heteroatoms. The van der Waals surface area contributed by atoms with Gasteiger partial charge in [-0.1, -0.05) is 23.7 Å². The van der Waals surface area contributed by atoms with Gasteiger partial charge in [-0.25, -0.2) is 8.42 Å². The van der Waals surface area contributed by atoms with Gasteiger partial charge in [-0.2, -0.15) is 0 Å². The third kappa shape index (κ3) is 3.87. The first-order valence-corrected chi connectivity index (χ1v) is 10.0. The van der Waals surface area contributed by atoms with E-state index in [1.165, 1.54) is 6.26 Å². The number of halogens is 1. The Labute approximate surface area is 142 Å². The number of benzene rings is 1. The van der Waals surface area contributed by atoms with Crippen LogP contribution in [0.2, 0.25) is 5.02 Å². The summed E-state index contributed by atoms with van der Waals surface area (Å²) in [6.07, 6.45) is 1.82. The third-order valence-electron chi connectivity index (χ3n) is 4.47. The van der Waals surface area contributed by atoms with Crippen LogP contribution in [0, 0.1) is 0 Å². The molecule has 0 bridgehead atoms. The second-order valence-corrected chi connectivity index (χ2v) is 8.72. The van der Waals surface area contributed by atoms with Crippen LogP contribution in [-0.2, 0) is 21.2 Å². The lowest BCUT2D eigenvalue weighted by molar-refractivity contribution is -0.135. The average molecular weight is 359 g/mol. The van der Waals surface area contributed by atoms with Crippen molar-refractivity contribution in [1.82, 2.24) is 10.2 Å². The Morgan fingerprint density at radius 3 is 2.30 bits per heavy atom. The second kappa shape index (κ2) is 7.20. The number of hydrogen-bond acceptors (Lipinski definition) is 4. The Hall–Kier alpha value is -1.11. The second-order valence-electron chi connectivity index (χ2n) is 5.96. The highest BCUT2D eigenvalue weighted by molar-refractivity contribution is 7.92. The van der Waals surface area contributed by atoms with E-state index in [4.69, 9.17) is 11.6 Å². The van der Waals surface area contributed by atoms with Crippen LogP contribution >= 0.6 is 11.6 Å². The Kier molecular flexibility index (Phi) is 5.70. The normalized spacial score (nSPS) is 17.7. The van der Waals surface area contributed by atoms with Crippen molar-refractivity contribution >= 4 is 27.3 Å². The fourth-order valence-electron chi connectivity index (χ4n) is 3.00. The number of carbonyl (C=O) groups is 1. The molecule has 1 amide bonds. The monoisotopic (exact) mass is 358 g/mol. The van der Waals surface area contributed by atoms with E-state index in [-0.39, 0.29) is 5.91 Å². The topological polar surface area (TPSA) is 66.5 Å². The van der Waals surface area contributed by atoms with Gasteiger partial charge in [0, 0.05) is 24.4 Å². The molecule has 5 nitrogen and oxygen atoms in total. The molecule has 0 spiro atoms. The number of sulfone groups is 1. The number of nitrogens with one attached hydrogen (secondary N) is 1. The molecule has 128 valence electrons. The molecule has 0 radical (unpaired) electrons. The lowest BCUT2D eigenvalue weighted by Gasteiger charge is -2.38. The fraction of sp³-hybridized carbons (Fsp3) is 0.562. The highest BCUT2D eigenvalue weighted by Crippen LogP contribution is 2.30. The minimum Gasteiger partial charge on any atom is -0.337 e. The maximum absolute atomic E-state index is 13.1. The lowest BCUT2D eigenvalue weighted by atomic mass is 9.95. The van der Waals surface area contributed by atoms with Crippen LogP contribution in [0.3, 0.4) is 0 Å². The van der Waals surface area contributed by atoms with Crippen molar-refractivity contribution in [2.75, 3.05) is 25.9 Å². The Balaban J connectivity index is 2.27. The van der Waals surface area contributed by atoms with Crippen molar-refractivity contribution in [2.45, 2.75) is 31.1 Å². The van der Waals surface area contributed by atoms with Gasteiger partial charge in [-0.3, -0.25) is 4.79 Å². The standard InChI is InChI=1S/C16H23ClN2O3S/c1-3-19(12-13-4-6-14(17)7-5-13)15(20)16(23(2,21)22)8-10-18-11-9-16/h4-7,18H,3,8-12H2,1-2H3. The van der Waals surface area contributed by atoms with Crippen LogP contribution in [0.25, 0.3) is 0 Å². The van der Waals surface area contributed by atoms with Gasteiger partial charge in [-0.15, -0.1) is 0 Å². The molecule has 1 fully saturated rings. The first-order chi connectivity index (χ1) is 10.8. The van der Waals surface area contributed by atoms with Crippen LogP contribution in [0.4, 0.5) is 0 Å². The molecular weight excluding hydrogens is 336 g/mol. The SMILES string of the molecule is CCN(Cc1ccc(Cl)cc1)C(=O)C1(S(C)(=O)=O)CCNCC1. The number of piperidine rings is 1. The zero-order chi connectivity index (χ0) is 17.1. The van der Waals surface area contributed by atoms with Crippen molar-refractivity contribution in [2.24, 2.45) is 0 Å². The van der Waals surface area contributed by atoms with Gasteiger partial charge >= 0.3 is 0 Å². The van der Waals surface area contributed by atoms with E-state index >= 15 is 0 Å². The zero-order valence-electron chi connectivity index (χ0n) is 13.5. The van der Waals surface area contributed by atoms with E-state index in [1.807, 2.05) is 19.1 Å². The summed E-state index contributed by atoms with van der Waals surface area (Å²) < 4.78 is 23.4. The zero-order valence-corrected chi connectivity index (χ0v) is 15.1. The summed E-state index contributed by atoms with van der Waals surface area (Å²) in [5.74, 6) is -0.293. The van der Waals surface area contributed by atoms with Crippen molar-refractivity contribution in [1.29, 1.82) is 0 Å². The van der Waals surface area contributed by atoms with E-state index in [1.54, 1.807) is 17.0 Å². The minimum absolute atomic E-state index is 0.293. The van der Waals surface area contributed by atoms with E-state index in [0.717, 1.165) is 5.56 Å². The summed E-state index contributed by atoms with van der Waals surface area (Å²) in [7, 11) is -3.49. The predicted octanol–water partition coefficient (Wildman–Crippen LogP) is 1.86. The number of nitrogens with zero attached hydrogens (tertiary/aromatic N) is 1. The van der Waals surface area contributed by atoms with Crippen molar-refractivity contribution in [3.8, 4) is 0 Å². The number of carbonyl (C=O) groups excluding carboxylic acids is 1. The largest absolute Gasteiger partial charge is 0.337 e. The summed E-state index contributed by atoms with van der Waals surface area (Å²) in [6, 6.07) is 7.25. The van der Waals surface area contributed by atoms with Crippen molar-refractivity contribution in [3.63, 3.8) is 0 Å². The van der Waals surface area contributed by atoms with Crippen LogP contribution in [-0.4, -0.2) is 49.9 Å². The number of rotatable bonds is 5. The molecule has 23 heavy (non-hydrogen) atoms. The summed E-state index contributed by atoms with van der Waals surface area (Å²) >= 11 is 5.88. The Bertz CT molecular complexity index is 652. The van der Waals surface area contributed by atoms with E-state index in [0.29, 0.717) is 44.0 Å². The molecule has 0 saturated carbocycles. The first kappa shape index (κ1) is 18.2. The lowest BCUT2D eigenvalue weighted by Crippen LogP contribution is -2.58. The van der Waals surface area contributed by atoms with Crippen LogP contribution < -0.4 is 5.32 Å². The van der Waals surface area contributed by atoms with Crippen LogP contribution in [0.1, 0.15) is 25.3 Å². The molecule has 1 aromatic carbocycles. The smallest absolute Gasteiger partial charge is 0.244 e. The molecule has 0 atom stereocenters. The van der Waals surface area contributed by atoms with Crippen LogP contribution in [0.15, 0.2) is 24.3 Å². The van der Waals surface area contributed by atoms with Gasteiger partial charge in [0.1, 0.15) is 0 Å². The molecule has 0 unspecified atom stereocenters. The van der Waals surface area contributed by atoms with Gasteiger partial charge in [-0.05, 0) is 50.6 Å². The molecular formula is C16H23ClN2O3S. The highest BCUT2D eigenvalue weighted by atomic mass is 35.5. The molecule has 2 rings (SSSR count). The minimum atomic E-state index is -3.49. The summed E-state index contributed by atoms with van der Waals surface area (Å²) in [5, 5.41) is 3.76. The number of hydrogen-bond donors (Lipinski definition) is 1. The van der Waals surface area contributed by atoms with Crippen molar-refractivity contribution < 1.29 is 13.2 Å². The summed E-state index contributed by atoms with van der Waals surface area (Å²) in [5.41, 5.74) is 0.933. The fourth-order valence-corrected chi connectivity index (χ4v) is 4.52. The molecule has 1 aromatic rings.